The fourth-order valence-corrected chi connectivity index (χ4v) is 2.54. The number of azide groups is 1. The van der Waals surface area contributed by atoms with E-state index in [0.717, 1.165) is 32.1 Å². The van der Waals surface area contributed by atoms with Crippen molar-refractivity contribution in [1.29, 1.82) is 0 Å². The van der Waals surface area contributed by atoms with Crippen molar-refractivity contribution in [2.75, 3.05) is 13.1 Å². The van der Waals surface area contributed by atoms with E-state index in [-0.39, 0.29) is 17.7 Å². The molecule has 6 heteroatoms. The Labute approximate surface area is 107 Å². The van der Waals surface area contributed by atoms with Crippen molar-refractivity contribution in [2.24, 2.45) is 17.0 Å². The van der Waals surface area contributed by atoms with Crippen LogP contribution in [0.4, 0.5) is 0 Å². The van der Waals surface area contributed by atoms with Crippen LogP contribution in [0, 0.1) is 11.8 Å². The van der Waals surface area contributed by atoms with E-state index in [9.17, 15) is 9.90 Å². The van der Waals surface area contributed by atoms with Crippen molar-refractivity contribution in [3.8, 4) is 0 Å². The van der Waals surface area contributed by atoms with Gasteiger partial charge in [0.05, 0.1) is 0 Å². The van der Waals surface area contributed by atoms with Crippen LogP contribution >= 0.6 is 0 Å². The van der Waals surface area contributed by atoms with Crippen LogP contribution < -0.4 is 5.32 Å². The van der Waals surface area contributed by atoms with Gasteiger partial charge < -0.3 is 10.4 Å². The minimum atomic E-state index is -0.969. The zero-order chi connectivity index (χ0) is 13.4. The zero-order valence-corrected chi connectivity index (χ0v) is 10.9. The maximum absolute atomic E-state index is 11.8. The summed E-state index contributed by atoms with van der Waals surface area (Å²) in [4.78, 5) is 14.5. The molecular formula is C12H22N4O2. The molecule has 1 aliphatic rings. The molecule has 1 amide bonds. The average Bonchev–Trinajstić information content (AvgIpc) is 2.83. The molecule has 1 aliphatic carbocycles. The van der Waals surface area contributed by atoms with Crippen molar-refractivity contribution in [3.05, 3.63) is 10.4 Å². The summed E-state index contributed by atoms with van der Waals surface area (Å²) in [5, 5.41) is 16.3. The van der Waals surface area contributed by atoms with Crippen LogP contribution in [0.1, 0.15) is 39.0 Å². The monoisotopic (exact) mass is 254 g/mol. The molecule has 0 heterocycles. The maximum Gasteiger partial charge on any atom is 0.249 e. The number of carbonyl (C=O) groups is 1. The van der Waals surface area contributed by atoms with Gasteiger partial charge in [-0.05, 0) is 36.6 Å². The van der Waals surface area contributed by atoms with Crippen LogP contribution in [0.5, 0.6) is 0 Å². The summed E-state index contributed by atoms with van der Waals surface area (Å²) in [5.41, 5.74) is 8.32. The number of nitrogens with zero attached hydrogens (tertiary/aromatic N) is 3. The molecule has 0 aromatic rings. The number of hydrogen-bond acceptors (Lipinski definition) is 3. The third-order valence-corrected chi connectivity index (χ3v) is 3.60. The minimum Gasteiger partial charge on any atom is -0.383 e. The Kier molecular flexibility index (Phi) is 6.54. The summed E-state index contributed by atoms with van der Waals surface area (Å²) < 4.78 is 0. The summed E-state index contributed by atoms with van der Waals surface area (Å²) in [7, 11) is 0. The Morgan fingerprint density at radius 3 is 3.06 bits per heavy atom. The lowest BCUT2D eigenvalue weighted by atomic mass is 9.90. The molecule has 3 atom stereocenters. The van der Waals surface area contributed by atoms with Gasteiger partial charge >= 0.3 is 0 Å². The van der Waals surface area contributed by atoms with Gasteiger partial charge in [-0.15, -0.1) is 0 Å². The highest BCUT2D eigenvalue weighted by Crippen LogP contribution is 2.34. The molecule has 2 N–H and O–H groups in total. The van der Waals surface area contributed by atoms with E-state index >= 15 is 0 Å². The number of rotatable bonds is 7. The van der Waals surface area contributed by atoms with E-state index in [1.54, 1.807) is 0 Å². The number of carbonyl (C=O) groups excluding carboxylic acids is 1. The van der Waals surface area contributed by atoms with E-state index in [1.807, 2.05) is 0 Å². The van der Waals surface area contributed by atoms with Gasteiger partial charge in [0, 0.05) is 18.0 Å². The fraction of sp³-hybridized carbons (Fsp3) is 0.917. The summed E-state index contributed by atoms with van der Waals surface area (Å²) in [6.07, 6.45) is 3.69. The highest BCUT2D eigenvalue weighted by atomic mass is 16.3. The lowest BCUT2D eigenvalue weighted by molar-refractivity contribution is -0.132. The standard InChI is InChI=1S/C12H22N4O2/c1-2-3-7-14-12(18)11(17)10-6-4-5-9(10)8-15-16-13/h9-11,17H,2-8H2,1H3,(H,14,18)/t9-,10-,11?/m0/s1. The van der Waals surface area contributed by atoms with Gasteiger partial charge in [0.1, 0.15) is 6.10 Å². The molecule has 1 fully saturated rings. The first-order valence-electron chi connectivity index (χ1n) is 6.67. The van der Waals surface area contributed by atoms with Crippen molar-refractivity contribution in [1.82, 2.24) is 5.32 Å². The number of unbranched alkanes of at least 4 members (excludes halogenated alkanes) is 1. The molecular weight excluding hydrogens is 232 g/mol. The van der Waals surface area contributed by atoms with Crippen molar-refractivity contribution >= 4 is 5.91 Å². The lowest BCUT2D eigenvalue weighted by Crippen LogP contribution is -2.41. The Bertz CT molecular complexity index is 315. The average molecular weight is 254 g/mol. The Balaban J connectivity index is 2.45. The molecule has 0 radical (unpaired) electrons. The first-order valence-corrected chi connectivity index (χ1v) is 6.67. The SMILES string of the molecule is CCCCNC(=O)C(O)[C@H]1CCC[C@H]1CN=[N+]=[N-]. The predicted octanol–water partition coefficient (Wildman–Crippen LogP) is 1.99. The fourth-order valence-electron chi connectivity index (χ4n) is 2.54. The van der Waals surface area contributed by atoms with Crippen LogP contribution in [0.25, 0.3) is 10.4 Å². The maximum atomic E-state index is 11.8. The van der Waals surface area contributed by atoms with Gasteiger partial charge in [-0.2, -0.15) is 0 Å². The number of amides is 1. The van der Waals surface area contributed by atoms with Gasteiger partial charge in [0.15, 0.2) is 0 Å². The number of aliphatic hydroxyl groups is 1. The second-order valence-corrected chi connectivity index (χ2v) is 4.86. The zero-order valence-electron chi connectivity index (χ0n) is 10.9. The molecule has 1 unspecified atom stereocenters. The van der Waals surface area contributed by atoms with Crippen molar-refractivity contribution in [2.45, 2.75) is 45.1 Å². The molecule has 18 heavy (non-hydrogen) atoms. The van der Waals surface area contributed by atoms with E-state index in [4.69, 9.17) is 5.53 Å². The molecule has 1 saturated carbocycles. The molecule has 0 aromatic carbocycles. The van der Waals surface area contributed by atoms with Crippen LogP contribution in [-0.2, 0) is 4.79 Å². The molecule has 6 nitrogen and oxygen atoms in total. The van der Waals surface area contributed by atoms with Gasteiger partial charge in [0.2, 0.25) is 5.91 Å². The number of nitrogens with one attached hydrogen (secondary N) is 1. The second-order valence-electron chi connectivity index (χ2n) is 4.86. The van der Waals surface area contributed by atoms with E-state index in [1.165, 1.54) is 0 Å². The summed E-state index contributed by atoms with van der Waals surface area (Å²) in [6, 6.07) is 0. The van der Waals surface area contributed by atoms with Gasteiger partial charge in [0.25, 0.3) is 0 Å². The van der Waals surface area contributed by atoms with E-state index in [0.29, 0.717) is 13.1 Å². The summed E-state index contributed by atoms with van der Waals surface area (Å²) in [6.45, 7) is 3.04. The van der Waals surface area contributed by atoms with Gasteiger partial charge in [-0.3, -0.25) is 4.79 Å². The largest absolute Gasteiger partial charge is 0.383 e. The lowest BCUT2D eigenvalue weighted by Gasteiger charge is -2.22. The third kappa shape index (κ3) is 4.20. The number of hydrogen-bond donors (Lipinski definition) is 2. The molecule has 0 spiro atoms. The van der Waals surface area contributed by atoms with Gasteiger partial charge in [-0.1, -0.05) is 24.9 Å². The minimum absolute atomic E-state index is 0.0721. The first kappa shape index (κ1) is 14.8. The molecule has 0 aromatic heterocycles. The third-order valence-electron chi connectivity index (χ3n) is 3.60. The van der Waals surface area contributed by atoms with E-state index in [2.05, 4.69) is 22.3 Å². The highest BCUT2D eigenvalue weighted by Gasteiger charge is 2.35. The van der Waals surface area contributed by atoms with Crippen LogP contribution in [0.2, 0.25) is 0 Å². The Hall–Kier alpha value is -1.26. The Morgan fingerprint density at radius 2 is 2.39 bits per heavy atom. The summed E-state index contributed by atoms with van der Waals surface area (Å²) >= 11 is 0. The number of aliphatic hydroxyl groups excluding tert-OH is 1. The normalized spacial score (nSPS) is 24.3. The highest BCUT2D eigenvalue weighted by molar-refractivity contribution is 5.80. The Morgan fingerprint density at radius 1 is 1.61 bits per heavy atom. The van der Waals surface area contributed by atoms with E-state index < -0.39 is 6.10 Å². The molecule has 102 valence electrons. The predicted molar refractivity (Wildman–Crippen MR) is 68.8 cm³/mol. The molecule has 1 rings (SSSR count). The molecule has 0 saturated heterocycles. The van der Waals surface area contributed by atoms with Crippen LogP contribution in [0.3, 0.4) is 0 Å². The topological polar surface area (TPSA) is 98.1 Å². The smallest absolute Gasteiger partial charge is 0.249 e. The van der Waals surface area contributed by atoms with Crippen molar-refractivity contribution < 1.29 is 9.90 Å². The van der Waals surface area contributed by atoms with Crippen LogP contribution in [-0.4, -0.2) is 30.2 Å². The first-order chi connectivity index (χ1) is 8.70. The van der Waals surface area contributed by atoms with Gasteiger partial charge in [-0.25, -0.2) is 0 Å². The quantitative estimate of drug-likeness (QED) is 0.314. The van der Waals surface area contributed by atoms with Crippen molar-refractivity contribution in [3.63, 3.8) is 0 Å². The second kappa shape index (κ2) is 7.95. The van der Waals surface area contributed by atoms with Crippen LogP contribution in [0.15, 0.2) is 5.11 Å². The molecule has 0 aliphatic heterocycles. The summed E-state index contributed by atoms with van der Waals surface area (Å²) in [5.74, 6) is -0.230. The molecule has 0 bridgehead atoms.